The summed E-state index contributed by atoms with van der Waals surface area (Å²) in [5.74, 6) is 1.09. The van der Waals surface area contributed by atoms with Crippen LogP contribution < -0.4 is 4.74 Å². The minimum Gasteiger partial charge on any atom is -0.493 e. The Balaban J connectivity index is 1.29. The van der Waals surface area contributed by atoms with E-state index in [1.165, 1.54) is 11.1 Å². The fourth-order valence-corrected chi connectivity index (χ4v) is 3.64. The molecule has 0 aliphatic carbocycles. The van der Waals surface area contributed by atoms with Gasteiger partial charge in [0, 0.05) is 52.5 Å². The first-order chi connectivity index (χ1) is 13.2. The van der Waals surface area contributed by atoms with Crippen LogP contribution in [0.3, 0.4) is 0 Å². The summed E-state index contributed by atoms with van der Waals surface area (Å²) < 4.78 is 12.5. The monoisotopic (exact) mass is 370 g/mol. The Bertz CT molecular complexity index is 796. The summed E-state index contributed by atoms with van der Waals surface area (Å²) in [5, 5.41) is 4.24. The molecule has 1 fully saturated rings. The van der Waals surface area contributed by atoms with Crippen LogP contribution in [0.15, 0.2) is 30.6 Å². The number of carbonyl (C=O) groups excluding carboxylic acids is 1. The second kappa shape index (κ2) is 8.10. The molecule has 3 heterocycles. The van der Waals surface area contributed by atoms with Crippen molar-refractivity contribution < 1.29 is 14.3 Å². The molecule has 0 unspecified atom stereocenters. The molecule has 1 saturated heterocycles. The second-order valence-electron chi connectivity index (χ2n) is 7.09. The van der Waals surface area contributed by atoms with Crippen molar-refractivity contribution in [1.82, 2.24) is 19.6 Å². The number of fused-ring (bicyclic) bond motifs is 1. The summed E-state index contributed by atoms with van der Waals surface area (Å²) in [7, 11) is 1.66. The Morgan fingerprint density at radius 3 is 2.93 bits per heavy atom. The van der Waals surface area contributed by atoms with E-state index >= 15 is 0 Å². The average Bonchev–Trinajstić information content (AvgIpc) is 3.35. The summed E-state index contributed by atoms with van der Waals surface area (Å²) in [4.78, 5) is 17.0. The second-order valence-corrected chi connectivity index (χ2v) is 7.09. The molecular weight excluding hydrogens is 344 g/mol. The minimum absolute atomic E-state index is 0.0595. The Hall–Kier alpha value is -2.38. The lowest BCUT2D eigenvalue weighted by Gasteiger charge is -2.34. The molecule has 7 heteroatoms. The molecule has 0 saturated carbocycles. The van der Waals surface area contributed by atoms with Crippen molar-refractivity contribution in [2.24, 2.45) is 0 Å². The molecule has 0 bridgehead atoms. The van der Waals surface area contributed by atoms with E-state index in [2.05, 4.69) is 28.2 Å². The molecule has 1 amide bonds. The van der Waals surface area contributed by atoms with Crippen molar-refractivity contribution in [3.05, 3.63) is 47.3 Å². The highest BCUT2D eigenvalue weighted by Gasteiger charge is 2.23. The number of methoxy groups -OCH3 is 1. The number of hydrogen-bond donors (Lipinski definition) is 0. The lowest BCUT2D eigenvalue weighted by molar-refractivity contribution is 0.0628. The van der Waals surface area contributed by atoms with Gasteiger partial charge in [0.2, 0.25) is 0 Å². The van der Waals surface area contributed by atoms with Gasteiger partial charge in [-0.15, -0.1) is 0 Å². The highest BCUT2D eigenvalue weighted by Crippen LogP contribution is 2.26. The number of benzene rings is 1. The predicted octanol–water partition coefficient (Wildman–Crippen LogP) is 1.42. The third-order valence-corrected chi connectivity index (χ3v) is 5.23. The van der Waals surface area contributed by atoms with Crippen LogP contribution in [-0.4, -0.2) is 72.0 Å². The Kier molecular flexibility index (Phi) is 5.40. The maximum Gasteiger partial charge on any atom is 0.257 e. The van der Waals surface area contributed by atoms with Gasteiger partial charge in [-0.25, -0.2) is 0 Å². The van der Waals surface area contributed by atoms with Crippen molar-refractivity contribution in [3.63, 3.8) is 0 Å². The fraction of sp³-hybridized carbons (Fsp3) is 0.500. The van der Waals surface area contributed by atoms with Crippen LogP contribution in [0.2, 0.25) is 0 Å². The largest absolute Gasteiger partial charge is 0.493 e. The summed E-state index contributed by atoms with van der Waals surface area (Å²) in [5.41, 5.74) is 3.23. The quantitative estimate of drug-likeness (QED) is 0.770. The van der Waals surface area contributed by atoms with Gasteiger partial charge in [-0.05, 0) is 17.2 Å². The zero-order valence-electron chi connectivity index (χ0n) is 15.8. The van der Waals surface area contributed by atoms with Crippen molar-refractivity contribution in [3.8, 4) is 5.75 Å². The first kappa shape index (κ1) is 18.0. The van der Waals surface area contributed by atoms with Crippen molar-refractivity contribution in [2.75, 3.05) is 46.5 Å². The van der Waals surface area contributed by atoms with Crippen LogP contribution in [-0.2, 0) is 24.2 Å². The molecule has 7 nitrogen and oxygen atoms in total. The van der Waals surface area contributed by atoms with Crippen LogP contribution in [0.4, 0.5) is 0 Å². The van der Waals surface area contributed by atoms with Gasteiger partial charge in [0.1, 0.15) is 5.75 Å². The van der Waals surface area contributed by atoms with E-state index in [1.807, 2.05) is 4.90 Å². The van der Waals surface area contributed by atoms with Gasteiger partial charge in [0.15, 0.2) is 0 Å². The zero-order chi connectivity index (χ0) is 18.6. The molecule has 2 aliphatic heterocycles. The number of nitrogens with zero attached hydrogens (tertiary/aromatic N) is 4. The van der Waals surface area contributed by atoms with Gasteiger partial charge in [0.25, 0.3) is 5.91 Å². The number of hydrogen-bond acceptors (Lipinski definition) is 5. The molecule has 144 valence electrons. The van der Waals surface area contributed by atoms with Crippen molar-refractivity contribution >= 4 is 5.91 Å². The van der Waals surface area contributed by atoms with E-state index in [0.717, 1.165) is 51.5 Å². The molecule has 4 rings (SSSR count). The molecule has 27 heavy (non-hydrogen) atoms. The molecule has 1 aromatic carbocycles. The zero-order valence-corrected chi connectivity index (χ0v) is 15.8. The SMILES string of the molecule is COCCn1cc(C(=O)N2CCN(Cc3ccc4c(c3)OCC4)CC2)cn1. The average molecular weight is 370 g/mol. The van der Waals surface area contributed by atoms with Crippen LogP contribution in [0, 0.1) is 0 Å². The number of carbonyl (C=O) groups is 1. The molecular formula is C20H26N4O3. The van der Waals surface area contributed by atoms with Crippen LogP contribution in [0.1, 0.15) is 21.5 Å². The standard InChI is InChI=1S/C20H26N4O3/c1-26-11-9-24-15-18(13-21-24)20(25)23-7-5-22(6-8-23)14-16-2-3-17-4-10-27-19(17)12-16/h2-3,12-13,15H,4-11,14H2,1H3. The number of rotatable bonds is 6. The highest BCUT2D eigenvalue weighted by molar-refractivity contribution is 5.93. The molecule has 2 aromatic rings. The van der Waals surface area contributed by atoms with Gasteiger partial charge >= 0.3 is 0 Å². The summed E-state index contributed by atoms with van der Waals surface area (Å²) >= 11 is 0. The van der Waals surface area contributed by atoms with E-state index in [4.69, 9.17) is 9.47 Å². The summed E-state index contributed by atoms with van der Waals surface area (Å²) in [6.45, 7) is 6.16. The van der Waals surface area contributed by atoms with E-state index in [1.54, 1.807) is 24.2 Å². The fourth-order valence-electron chi connectivity index (χ4n) is 3.64. The van der Waals surface area contributed by atoms with E-state index in [9.17, 15) is 4.79 Å². The molecule has 1 aromatic heterocycles. The Morgan fingerprint density at radius 2 is 2.11 bits per heavy atom. The smallest absolute Gasteiger partial charge is 0.257 e. The van der Waals surface area contributed by atoms with Crippen LogP contribution in [0.5, 0.6) is 5.75 Å². The summed E-state index contributed by atoms with van der Waals surface area (Å²) in [6, 6.07) is 6.53. The first-order valence-electron chi connectivity index (χ1n) is 9.50. The Labute approximate surface area is 159 Å². The number of aromatic nitrogens is 2. The minimum atomic E-state index is 0.0595. The molecule has 0 radical (unpaired) electrons. The van der Waals surface area contributed by atoms with Gasteiger partial charge in [-0.3, -0.25) is 14.4 Å². The third-order valence-electron chi connectivity index (χ3n) is 5.23. The lowest BCUT2D eigenvalue weighted by atomic mass is 10.1. The number of piperazine rings is 1. The predicted molar refractivity (Wildman–Crippen MR) is 101 cm³/mol. The first-order valence-corrected chi connectivity index (χ1v) is 9.50. The lowest BCUT2D eigenvalue weighted by Crippen LogP contribution is -2.48. The maximum absolute atomic E-state index is 12.7. The molecule has 0 spiro atoms. The Morgan fingerprint density at radius 1 is 1.26 bits per heavy atom. The van der Waals surface area contributed by atoms with Gasteiger partial charge in [0.05, 0.1) is 31.5 Å². The highest BCUT2D eigenvalue weighted by atomic mass is 16.5. The van der Waals surface area contributed by atoms with E-state index in [0.29, 0.717) is 18.7 Å². The van der Waals surface area contributed by atoms with Crippen molar-refractivity contribution in [2.45, 2.75) is 19.5 Å². The maximum atomic E-state index is 12.7. The van der Waals surface area contributed by atoms with Crippen molar-refractivity contribution in [1.29, 1.82) is 0 Å². The third kappa shape index (κ3) is 4.14. The topological polar surface area (TPSA) is 59.8 Å². The van der Waals surface area contributed by atoms with Crippen LogP contribution in [0.25, 0.3) is 0 Å². The molecule has 0 atom stereocenters. The number of ether oxygens (including phenoxy) is 2. The van der Waals surface area contributed by atoms with Gasteiger partial charge in [-0.1, -0.05) is 12.1 Å². The normalized spacial score (nSPS) is 17.0. The van der Waals surface area contributed by atoms with E-state index < -0.39 is 0 Å². The van der Waals surface area contributed by atoms with E-state index in [-0.39, 0.29) is 5.91 Å². The van der Waals surface area contributed by atoms with Crippen LogP contribution >= 0.6 is 0 Å². The molecule has 0 N–H and O–H groups in total. The summed E-state index contributed by atoms with van der Waals surface area (Å²) in [6.07, 6.45) is 4.46. The van der Waals surface area contributed by atoms with Gasteiger partial charge in [-0.2, -0.15) is 5.10 Å². The number of amides is 1. The molecule has 2 aliphatic rings. The van der Waals surface area contributed by atoms with Gasteiger partial charge < -0.3 is 14.4 Å².